The molecule has 0 fully saturated rings. The van der Waals surface area contributed by atoms with Gasteiger partial charge in [0, 0.05) is 23.6 Å². The summed E-state index contributed by atoms with van der Waals surface area (Å²) in [6.07, 6.45) is 4.32. The number of methoxy groups -OCH3 is 1. The van der Waals surface area contributed by atoms with Crippen molar-refractivity contribution in [3.63, 3.8) is 0 Å². The minimum Gasteiger partial charge on any atom is -0.497 e. The molecule has 5 rings (SSSR count). The molecule has 10 heteroatoms. The second-order valence-corrected chi connectivity index (χ2v) is 7.98. The van der Waals surface area contributed by atoms with Crippen LogP contribution in [0.15, 0.2) is 66.0 Å². The Balaban J connectivity index is 1.83. The summed E-state index contributed by atoms with van der Waals surface area (Å²) < 4.78 is 27.0. The zero-order chi connectivity index (χ0) is 24.7. The number of carbonyl (C=O) groups excluding carboxylic acids is 1. The summed E-state index contributed by atoms with van der Waals surface area (Å²) in [5, 5.41) is 0.523. The number of aromatic nitrogens is 4. The number of hydrogen-bond acceptors (Lipinski definition) is 6. The molecule has 3 aromatic heterocycles. The highest BCUT2D eigenvalue weighted by molar-refractivity contribution is 6.30. The summed E-state index contributed by atoms with van der Waals surface area (Å²) in [6.45, 7) is 1.78. The fourth-order valence-corrected chi connectivity index (χ4v) is 4.06. The molecular formula is C25H18ClFN4O4. The summed E-state index contributed by atoms with van der Waals surface area (Å²) in [4.78, 5) is 34.2. The largest absolute Gasteiger partial charge is 0.497 e. The van der Waals surface area contributed by atoms with E-state index in [9.17, 15) is 14.0 Å². The van der Waals surface area contributed by atoms with Gasteiger partial charge in [-0.15, -0.1) is 0 Å². The Morgan fingerprint density at radius 2 is 1.89 bits per heavy atom. The lowest BCUT2D eigenvalue weighted by atomic mass is 10.1. The third-order valence-corrected chi connectivity index (χ3v) is 5.86. The van der Waals surface area contributed by atoms with Crippen LogP contribution in [0.1, 0.15) is 17.3 Å². The first kappa shape index (κ1) is 22.5. The molecular weight excluding hydrogens is 475 g/mol. The van der Waals surface area contributed by atoms with Crippen LogP contribution in [0.3, 0.4) is 0 Å². The molecule has 35 heavy (non-hydrogen) atoms. The number of halogens is 2. The summed E-state index contributed by atoms with van der Waals surface area (Å²) in [7, 11) is 1.58. The average molecular weight is 493 g/mol. The molecule has 0 saturated carbocycles. The predicted octanol–water partition coefficient (Wildman–Crippen LogP) is 4.68. The normalized spacial score (nSPS) is 11.2. The summed E-state index contributed by atoms with van der Waals surface area (Å²) in [5.41, 5.74) is 2.07. The summed E-state index contributed by atoms with van der Waals surface area (Å²) in [5.74, 6) is -0.618. The van der Waals surface area contributed by atoms with Crippen LogP contribution in [0.2, 0.25) is 5.02 Å². The van der Waals surface area contributed by atoms with E-state index in [0.717, 1.165) is 5.56 Å². The monoisotopic (exact) mass is 492 g/mol. The molecule has 0 unspecified atom stereocenters. The minimum atomic E-state index is -0.756. The molecule has 0 saturated heterocycles. The smallest absolute Gasteiger partial charge is 0.345 e. The van der Waals surface area contributed by atoms with Crippen molar-refractivity contribution in [2.24, 2.45) is 0 Å². The quantitative estimate of drug-likeness (QED) is 0.331. The van der Waals surface area contributed by atoms with Crippen LogP contribution < -0.4 is 10.3 Å². The number of esters is 1. The predicted molar refractivity (Wildman–Crippen MR) is 129 cm³/mol. The van der Waals surface area contributed by atoms with Gasteiger partial charge in [0.1, 0.15) is 23.5 Å². The van der Waals surface area contributed by atoms with E-state index < -0.39 is 17.3 Å². The van der Waals surface area contributed by atoms with Gasteiger partial charge in [0.15, 0.2) is 11.3 Å². The lowest BCUT2D eigenvalue weighted by Gasteiger charge is -2.08. The number of ether oxygens (including phenoxy) is 2. The molecule has 3 heterocycles. The maximum atomic E-state index is 13.8. The molecule has 0 aliphatic rings. The van der Waals surface area contributed by atoms with Crippen LogP contribution in [-0.4, -0.2) is 38.6 Å². The molecule has 0 aliphatic carbocycles. The molecule has 176 valence electrons. The van der Waals surface area contributed by atoms with Crippen molar-refractivity contribution in [2.45, 2.75) is 6.92 Å². The van der Waals surface area contributed by atoms with Gasteiger partial charge in [-0.3, -0.25) is 4.79 Å². The fourth-order valence-electron chi connectivity index (χ4n) is 3.89. The van der Waals surface area contributed by atoms with Crippen molar-refractivity contribution < 1.29 is 18.7 Å². The number of fused-ring (bicyclic) bond motifs is 3. The minimum absolute atomic E-state index is 0.0374. The van der Waals surface area contributed by atoms with E-state index in [1.807, 2.05) is 30.5 Å². The van der Waals surface area contributed by atoms with E-state index in [1.54, 1.807) is 24.7 Å². The molecule has 0 spiro atoms. The van der Waals surface area contributed by atoms with E-state index in [0.29, 0.717) is 33.7 Å². The fraction of sp³-hybridized carbons (Fsp3) is 0.120. The molecule has 0 amide bonds. The molecule has 5 aromatic rings. The van der Waals surface area contributed by atoms with Crippen molar-refractivity contribution >= 4 is 34.3 Å². The first-order chi connectivity index (χ1) is 16.9. The van der Waals surface area contributed by atoms with Crippen molar-refractivity contribution in [1.82, 2.24) is 18.9 Å². The van der Waals surface area contributed by atoms with Gasteiger partial charge < -0.3 is 14.0 Å². The Labute approximate surface area is 203 Å². The Kier molecular flexibility index (Phi) is 5.70. The zero-order valence-corrected chi connectivity index (χ0v) is 19.4. The van der Waals surface area contributed by atoms with Crippen LogP contribution in [-0.2, 0) is 4.74 Å². The standard InChI is InChI=1S/C25H18ClFN4O4/c1-3-35-25(33)17-11-28-22-21-18(14-4-7-16(34-2)8-5-14)12-30(15-6-9-20(27)19(26)10-15)23(21)29-13-31(22)24(17)32/h4-13H,3H2,1-2H3. The van der Waals surface area contributed by atoms with E-state index in [2.05, 4.69) is 9.97 Å². The van der Waals surface area contributed by atoms with Gasteiger partial charge >= 0.3 is 5.97 Å². The number of benzene rings is 2. The molecule has 8 nitrogen and oxygen atoms in total. The lowest BCUT2D eigenvalue weighted by molar-refractivity contribution is 0.0523. The van der Waals surface area contributed by atoms with Crippen LogP contribution in [0, 0.1) is 5.82 Å². The zero-order valence-electron chi connectivity index (χ0n) is 18.7. The summed E-state index contributed by atoms with van der Waals surface area (Å²) in [6, 6.07) is 11.7. The maximum Gasteiger partial charge on any atom is 0.345 e. The Bertz CT molecular complexity index is 1660. The molecule has 0 bridgehead atoms. The topological polar surface area (TPSA) is 87.7 Å². The van der Waals surface area contributed by atoms with Gasteiger partial charge in [-0.2, -0.15) is 0 Å². The van der Waals surface area contributed by atoms with Crippen LogP contribution in [0.5, 0.6) is 5.75 Å². The average Bonchev–Trinajstić information content (AvgIpc) is 3.26. The van der Waals surface area contributed by atoms with E-state index in [-0.39, 0.29) is 17.2 Å². The Hall–Kier alpha value is -4.24. The van der Waals surface area contributed by atoms with E-state index in [4.69, 9.17) is 21.1 Å². The highest BCUT2D eigenvalue weighted by atomic mass is 35.5. The van der Waals surface area contributed by atoms with Gasteiger partial charge in [-0.05, 0) is 42.8 Å². The maximum absolute atomic E-state index is 13.8. The second kappa shape index (κ2) is 8.84. The highest BCUT2D eigenvalue weighted by Gasteiger charge is 2.21. The number of carbonyl (C=O) groups is 1. The van der Waals surface area contributed by atoms with Crippen LogP contribution in [0.4, 0.5) is 4.39 Å². The van der Waals surface area contributed by atoms with Crippen LogP contribution in [0.25, 0.3) is 33.5 Å². The lowest BCUT2D eigenvalue weighted by Crippen LogP contribution is -2.24. The van der Waals surface area contributed by atoms with Crippen molar-refractivity contribution in [3.8, 4) is 22.6 Å². The van der Waals surface area contributed by atoms with Gasteiger partial charge in [0.25, 0.3) is 5.56 Å². The third-order valence-electron chi connectivity index (χ3n) is 5.57. The van der Waals surface area contributed by atoms with E-state index in [1.165, 1.54) is 29.1 Å². The second-order valence-electron chi connectivity index (χ2n) is 7.57. The molecule has 0 atom stereocenters. The van der Waals surface area contributed by atoms with Gasteiger partial charge in [-0.25, -0.2) is 23.6 Å². The molecule has 0 N–H and O–H groups in total. The molecule has 0 aliphatic heterocycles. The summed E-state index contributed by atoms with van der Waals surface area (Å²) >= 11 is 6.04. The number of nitrogens with zero attached hydrogens (tertiary/aromatic N) is 4. The first-order valence-corrected chi connectivity index (χ1v) is 11.0. The van der Waals surface area contributed by atoms with Gasteiger partial charge in [0.05, 0.1) is 24.1 Å². The van der Waals surface area contributed by atoms with Gasteiger partial charge in [-0.1, -0.05) is 23.7 Å². The first-order valence-electron chi connectivity index (χ1n) is 10.6. The van der Waals surface area contributed by atoms with Crippen LogP contribution >= 0.6 is 11.6 Å². The van der Waals surface area contributed by atoms with Crippen molar-refractivity contribution in [3.05, 3.63) is 87.9 Å². The van der Waals surface area contributed by atoms with E-state index >= 15 is 0 Å². The Morgan fingerprint density at radius 3 is 2.57 bits per heavy atom. The van der Waals surface area contributed by atoms with Crippen molar-refractivity contribution in [1.29, 1.82) is 0 Å². The highest BCUT2D eigenvalue weighted by Crippen LogP contribution is 2.35. The van der Waals surface area contributed by atoms with Gasteiger partial charge in [0.2, 0.25) is 0 Å². The Morgan fingerprint density at radius 1 is 1.11 bits per heavy atom. The van der Waals surface area contributed by atoms with Crippen molar-refractivity contribution in [2.75, 3.05) is 13.7 Å². The molecule has 0 radical (unpaired) electrons. The molecule has 2 aromatic carbocycles. The number of rotatable bonds is 5. The third kappa shape index (κ3) is 3.79. The number of hydrogen-bond donors (Lipinski definition) is 0. The SMILES string of the molecule is CCOC(=O)c1cnc2c3c(-c4ccc(OC)cc4)cn(-c4ccc(F)c(Cl)c4)c3ncn2c1=O.